The molecule has 0 aliphatic carbocycles. The quantitative estimate of drug-likeness (QED) is 0.648. The first-order valence-corrected chi connectivity index (χ1v) is 6.45. The molecule has 3 N–H and O–H groups in total. The highest BCUT2D eigenvalue weighted by Crippen LogP contribution is 2.41. The third-order valence-corrected chi connectivity index (χ3v) is 3.62. The van der Waals surface area contributed by atoms with E-state index in [1.807, 2.05) is 19.9 Å². The molecule has 5 nitrogen and oxygen atoms in total. The Morgan fingerprint density at radius 3 is 2.85 bits per heavy atom. The normalized spacial score (nSPS) is 14.2. The summed E-state index contributed by atoms with van der Waals surface area (Å²) in [5.74, 6) is 0.0654. The summed E-state index contributed by atoms with van der Waals surface area (Å²) >= 11 is 0. The number of phenolic OH excluding ortho intramolecular Hbond substituents is 1. The second-order valence-electron chi connectivity index (χ2n) is 4.87. The Hall–Kier alpha value is -2.01. The summed E-state index contributed by atoms with van der Waals surface area (Å²) in [6.07, 6.45) is 2.38. The van der Waals surface area contributed by atoms with Crippen molar-refractivity contribution in [3.63, 3.8) is 0 Å². The predicted molar refractivity (Wildman–Crippen MR) is 75.0 cm³/mol. The molecule has 0 radical (unpaired) electrons. The van der Waals surface area contributed by atoms with Gasteiger partial charge in [-0.3, -0.25) is 0 Å². The van der Waals surface area contributed by atoms with Gasteiger partial charge in [0.2, 0.25) is 0 Å². The molecule has 108 valence electrons. The van der Waals surface area contributed by atoms with Crippen molar-refractivity contribution >= 4 is 5.97 Å². The molecule has 0 bridgehead atoms. The van der Waals surface area contributed by atoms with Crippen molar-refractivity contribution in [2.45, 2.75) is 26.9 Å². The maximum atomic E-state index is 11.7. The van der Waals surface area contributed by atoms with Gasteiger partial charge >= 0.3 is 5.97 Å². The van der Waals surface area contributed by atoms with Gasteiger partial charge in [0.1, 0.15) is 23.7 Å². The number of carbonyl (C=O) groups is 1. The molecule has 5 heteroatoms. The zero-order valence-electron chi connectivity index (χ0n) is 11.9. The lowest BCUT2D eigenvalue weighted by molar-refractivity contribution is 0.0533. The number of hydrogen-bond acceptors (Lipinski definition) is 5. The number of rotatable bonds is 4. The van der Waals surface area contributed by atoms with E-state index in [1.165, 1.54) is 0 Å². The van der Waals surface area contributed by atoms with Crippen LogP contribution in [0, 0.1) is 6.92 Å². The fraction of sp³-hybridized carbons (Fsp3) is 0.400. The topological polar surface area (TPSA) is 81.8 Å². The van der Waals surface area contributed by atoms with E-state index in [4.69, 9.17) is 15.2 Å². The summed E-state index contributed by atoms with van der Waals surface area (Å²) in [6, 6.07) is 0. The molecule has 0 spiro atoms. The summed E-state index contributed by atoms with van der Waals surface area (Å²) in [6.45, 7) is 4.41. The molecule has 1 aliphatic heterocycles. The summed E-state index contributed by atoms with van der Waals surface area (Å²) in [5, 5.41) is 10.4. The van der Waals surface area contributed by atoms with Crippen LogP contribution < -0.4 is 10.5 Å². The van der Waals surface area contributed by atoms with Gasteiger partial charge in [0.15, 0.2) is 0 Å². The van der Waals surface area contributed by atoms with Gasteiger partial charge in [0.25, 0.3) is 0 Å². The number of methoxy groups -OCH3 is 1. The van der Waals surface area contributed by atoms with Crippen molar-refractivity contribution in [1.82, 2.24) is 0 Å². The van der Waals surface area contributed by atoms with Crippen molar-refractivity contribution in [2.75, 3.05) is 13.7 Å². The van der Waals surface area contributed by atoms with Gasteiger partial charge in [0, 0.05) is 17.7 Å². The van der Waals surface area contributed by atoms with Gasteiger partial charge in [-0.05, 0) is 25.8 Å². The second kappa shape index (κ2) is 5.54. The molecule has 0 atom stereocenters. The van der Waals surface area contributed by atoms with Crippen LogP contribution in [0.15, 0.2) is 11.6 Å². The highest BCUT2D eigenvalue weighted by atomic mass is 16.5. The first kappa shape index (κ1) is 14.4. The summed E-state index contributed by atoms with van der Waals surface area (Å²) in [4.78, 5) is 11.7. The SMILES string of the molecule is COc1c(C)c2c(c(O)c1C/C=C(\C)CN)C(=O)OC2. The zero-order chi connectivity index (χ0) is 14.9. The first-order valence-electron chi connectivity index (χ1n) is 6.45. The van der Waals surface area contributed by atoms with Crippen LogP contribution in [0.1, 0.15) is 34.0 Å². The first-order chi connectivity index (χ1) is 9.51. The molecule has 0 amide bonds. The van der Waals surface area contributed by atoms with Crippen molar-refractivity contribution in [2.24, 2.45) is 5.73 Å². The Morgan fingerprint density at radius 1 is 1.55 bits per heavy atom. The average Bonchev–Trinajstić information content (AvgIpc) is 2.83. The minimum Gasteiger partial charge on any atom is -0.507 e. The Balaban J connectivity index is 2.58. The van der Waals surface area contributed by atoms with Crippen LogP contribution in [0.2, 0.25) is 0 Å². The minimum atomic E-state index is -0.482. The summed E-state index contributed by atoms with van der Waals surface area (Å²) < 4.78 is 10.4. The number of cyclic esters (lactones) is 1. The smallest absolute Gasteiger partial charge is 0.342 e. The molecule has 1 aliphatic rings. The number of ether oxygens (including phenoxy) is 2. The third kappa shape index (κ3) is 2.25. The largest absolute Gasteiger partial charge is 0.507 e. The number of phenols is 1. The molecular formula is C15H19NO4. The fourth-order valence-electron chi connectivity index (χ4n) is 2.39. The Labute approximate surface area is 118 Å². The highest BCUT2D eigenvalue weighted by Gasteiger charge is 2.31. The molecular weight excluding hydrogens is 258 g/mol. The van der Waals surface area contributed by atoms with E-state index in [2.05, 4.69) is 0 Å². The molecule has 0 saturated carbocycles. The van der Waals surface area contributed by atoms with E-state index in [0.29, 0.717) is 29.8 Å². The van der Waals surface area contributed by atoms with E-state index in [1.54, 1.807) is 7.11 Å². The van der Waals surface area contributed by atoms with Crippen LogP contribution in [0.25, 0.3) is 0 Å². The van der Waals surface area contributed by atoms with Crippen molar-refractivity contribution in [3.8, 4) is 11.5 Å². The van der Waals surface area contributed by atoms with Crippen molar-refractivity contribution < 1.29 is 19.4 Å². The van der Waals surface area contributed by atoms with Crippen LogP contribution in [-0.4, -0.2) is 24.7 Å². The zero-order valence-corrected chi connectivity index (χ0v) is 11.9. The van der Waals surface area contributed by atoms with Crippen LogP contribution in [0.4, 0.5) is 0 Å². The molecule has 0 fully saturated rings. The number of hydrogen-bond donors (Lipinski definition) is 2. The molecule has 1 aromatic rings. The number of esters is 1. The summed E-state index contributed by atoms with van der Waals surface area (Å²) in [7, 11) is 1.55. The number of nitrogens with two attached hydrogens (primary N) is 1. The van der Waals surface area contributed by atoms with Gasteiger partial charge in [-0.1, -0.05) is 11.6 Å². The molecule has 0 saturated heterocycles. The second-order valence-corrected chi connectivity index (χ2v) is 4.87. The number of aromatic hydroxyl groups is 1. The average molecular weight is 277 g/mol. The Bertz CT molecular complexity index is 590. The van der Waals surface area contributed by atoms with Gasteiger partial charge in [-0.15, -0.1) is 0 Å². The summed E-state index contributed by atoms with van der Waals surface area (Å²) in [5.41, 5.74) is 8.95. The molecule has 2 rings (SSSR count). The Kier molecular flexibility index (Phi) is 3.99. The number of carbonyl (C=O) groups excluding carboxylic acids is 1. The van der Waals surface area contributed by atoms with E-state index in [-0.39, 0.29) is 17.9 Å². The van der Waals surface area contributed by atoms with Gasteiger partial charge in [0.05, 0.1) is 7.11 Å². The number of fused-ring (bicyclic) bond motifs is 1. The molecule has 1 aromatic carbocycles. The van der Waals surface area contributed by atoms with Gasteiger partial charge in [-0.25, -0.2) is 4.79 Å². The van der Waals surface area contributed by atoms with Gasteiger partial charge < -0.3 is 20.3 Å². The molecule has 0 unspecified atom stereocenters. The lowest BCUT2D eigenvalue weighted by Crippen LogP contribution is -2.04. The number of allylic oxidation sites excluding steroid dienone is 1. The highest BCUT2D eigenvalue weighted by molar-refractivity contribution is 5.98. The van der Waals surface area contributed by atoms with E-state index < -0.39 is 5.97 Å². The third-order valence-electron chi connectivity index (χ3n) is 3.62. The monoisotopic (exact) mass is 277 g/mol. The maximum absolute atomic E-state index is 11.7. The van der Waals surface area contributed by atoms with Crippen LogP contribution in [-0.2, 0) is 17.8 Å². The molecule has 0 aromatic heterocycles. The van der Waals surface area contributed by atoms with E-state index in [0.717, 1.165) is 11.1 Å². The van der Waals surface area contributed by atoms with Crippen LogP contribution in [0.5, 0.6) is 11.5 Å². The van der Waals surface area contributed by atoms with Crippen LogP contribution >= 0.6 is 0 Å². The number of benzene rings is 1. The minimum absolute atomic E-state index is 0.0500. The lowest BCUT2D eigenvalue weighted by atomic mass is 9.95. The van der Waals surface area contributed by atoms with Crippen molar-refractivity contribution in [1.29, 1.82) is 0 Å². The van der Waals surface area contributed by atoms with E-state index >= 15 is 0 Å². The van der Waals surface area contributed by atoms with E-state index in [9.17, 15) is 9.90 Å². The standard InChI is InChI=1S/C15H19NO4/c1-8(6-16)4-5-10-13(17)12-11(7-20-15(12)18)9(2)14(10)19-3/h4,17H,5-7,16H2,1-3H3/b8-4+. The predicted octanol–water partition coefficient (Wildman–Crippen LogP) is 1.83. The van der Waals surface area contributed by atoms with Gasteiger partial charge in [-0.2, -0.15) is 0 Å². The molecule has 1 heterocycles. The maximum Gasteiger partial charge on any atom is 0.342 e. The van der Waals surface area contributed by atoms with Crippen LogP contribution in [0.3, 0.4) is 0 Å². The fourth-order valence-corrected chi connectivity index (χ4v) is 2.39. The lowest BCUT2D eigenvalue weighted by Gasteiger charge is -2.15. The molecule has 20 heavy (non-hydrogen) atoms. The van der Waals surface area contributed by atoms with Crippen molar-refractivity contribution in [3.05, 3.63) is 33.9 Å². The Morgan fingerprint density at radius 2 is 2.25 bits per heavy atom.